The van der Waals surface area contributed by atoms with Gasteiger partial charge in [-0.3, -0.25) is 0 Å². The number of methoxy groups -OCH3 is 1. The molecule has 0 radical (unpaired) electrons. The molecule has 0 saturated carbocycles. The lowest BCUT2D eigenvalue weighted by Crippen LogP contribution is -2.00. The van der Waals surface area contributed by atoms with E-state index in [1.54, 1.807) is 12.1 Å². The van der Waals surface area contributed by atoms with Gasteiger partial charge in [-0.15, -0.1) is 0 Å². The van der Waals surface area contributed by atoms with Gasteiger partial charge in [0.15, 0.2) is 0 Å². The van der Waals surface area contributed by atoms with Crippen LogP contribution in [0.4, 0.5) is 0 Å². The van der Waals surface area contributed by atoms with E-state index in [-0.39, 0.29) is 11.4 Å². The molecule has 1 aromatic carbocycles. The van der Waals surface area contributed by atoms with Gasteiger partial charge in [0, 0.05) is 12.0 Å². The van der Waals surface area contributed by atoms with Gasteiger partial charge in [0.05, 0.1) is 12.0 Å². The van der Waals surface area contributed by atoms with Gasteiger partial charge in [-0.2, -0.15) is 0 Å². The summed E-state index contributed by atoms with van der Waals surface area (Å²) >= 11 is 0. The Bertz CT molecular complexity index is 532. The van der Waals surface area contributed by atoms with Crippen molar-refractivity contribution in [1.82, 2.24) is 0 Å². The summed E-state index contributed by atoms with van der Waals surface area (Å²) in [6.07, 6.45) is 0. The molecule has 1 aromatic rings. The largest absolute Gasteiger partial charge is 0.497 e. The van der Waals surface area contributed by atoms with Crippen LogP contribution in [0.1, 0.15) is 5.56 Å². The lowest BCUT2D eigenvalue weighted by molar-refractivity contribution is 0.413. The average Bonchev–Trinajstić information content (AvgIpc) is 2.50. The summed E-state index contributed by atoms with van der Waals surface area (Å²) in [5.41, 5.74) is 6.80. The number of nitrogens with two attached hydrogens (primary N) is 1. The average molecular weight is 225 g/mol. The molecule has 1 aliphatic rings. The minimum Gasteiger partial charge on any atom is -0.497 e. The van der Waals surface area contributed by atoms with Crippen LogP contribution >= 0.6 is 0 Å². The highest BCUT2D eigenvalue weighted by atomic mass is 32.2. The van der Waals surface area contributed by atoms with E-state index >= 15 is 0 Å². The number of hydrogen-bond acceptors (Lipinski definition) is 4. The van der Waals surface area contributed by atoms with Gasteiger partial charge in [0.2, 0.25) is 9.84 Å². The van der Waals surface area contributed by atoms with Crippen LogP contribution in [0, 0.1) is 0 Å². The standard InChI is InChI=1S/C10H11NO3S/c1-14-8-2-3-9-7(5-11)6-15(12,13)10(9)4-8/h2-4,6H,5,11H2,1H3. The molecule has 80 valence electrons. The summed E-state index contributed by atoms with van der Waals surface area (Å²) in [7, 11) is -1.82. The maximum Gasteiger partial charge on any atom is 0.200 e. The Morgan fingerprint density at radius 1 is 1.40 bits per heavy atom. The zero-order valence-corrected chi connectivity index (χ0v) is 9.04. The quantitative estimate of drug-likeness (QED) is 0.807. The predicted octanol–water partition coefficient (Wildman–Crippen LogP) is 0.782. The molecule has 2 rings (SSSR count). The molecule has 0 unspecified atom stereocenters. The Labute approximate surface area is 88.3 Å². The van der Waals surface area contributed by atoms with Gasteiger partial charge >= 0.3 is 0 Å². The molecule has 0 aromatic heterocycles. The molecule has 0 atom stereocenters. The van der Waals surface area contributed by atoms with Crippen molar-refractivity contribution in [3.05, 3.63) is 29.2 Å². The summed E-state index contributed by atoms with van der Waals surface area (Å²) in [5.74, 6) is 0.531. The Hall–Kier alpha value is -1.33. The first kappa shape index (κ1) is 10.2. The lowest BCUT2D eigenvalue weighted by atomic mass is 10.1. The molecular weight excluding hydrogens is 214 g/mol. The Morgan fingerprint density at radius 2 is 2.13 bits per heavy atom. The van der Waals surface area contributed by atoms with Crippen LogP contribution in [0.15, 0.2) is 28.5 Å². The lowest BCUT2D eigenvalue weighted by Gasteiger charge is -2.04. The van der Waals surface area contributed by atoms with Crippen molar-refractivity contribution >= 4 is 15.4 Å². The van der Waals surface area contributed by atoms with E-state index in [0.29, 0.717) is 16.9 Å². The van der Waals surface area contributed by atoms with Crippen molar-refractivity contribution in [3.63, 3.8) is 0 Å². The van der Waals surface area contributed by atoms with Crippen molar-refractivity contribution in [2.24, 2.45) is 5.73 Å². The van der Waals surface area contributed by atoms with Crippen LogP contribution in [0.2, 0.25) is 0 Å². The second kappa shape index (κ2) is 3.36. The molecule has 1 heterocycles. The summed E-state index contributed by atoms with van der Waals surface area (Å²) < 4.78 is 28.4. The van der Waals surface area contributed by atoms with Gasteiger partial charge in [0.25, 0.3) is 0 Å². The Morgan fingerprint density at radius 3 is 2.73 bits per heavy atom. The van der Waals surface area contributed by atoms with Gasteiger partial charge in [-0.1, -0.05) is 0 Å². The number of fused-ring (bicyclic) bond motifs is 1. The molecule has 2 N–H and O–H groups in total. The number of sulfone groups is 1. The predicted molar refractivity (Wildman–Crippen MR) is 57.2 cm³/mol. The maximum atomic E-state index is 11.7. The third-order valence-corrected chi connectivity index (χ3v) is 3.90. The summed E-state index contributed by atoms with van der Waals surface area (Å²) in [6, 6.07) is 4.96. The van der Waals surface area contributed by atoms with Crippen LogP contribution in [0.3, 0.4) is 0 Å². The molecule has 0 saturated heterocycles. The second-order valence-electron chi connectivity index (χ2n) is 3.25. The topological polar surface area (TPSA) is 69.4 Å². The molecule has 15 heavy (non-hydrogen) atoms. The third kappa shape index (κ3) is 1.53. The minimum absolute atomic E-state index is 0.221. The van der Waals surface area contributed by atoms with Crippen molar-refractivity contribution in [3.8, 4) is 5.75 Å². The van der Waals surface area contributed by atoms with Crippen molar-refractivity contribution in [2.45, 2.75) is 4.90 Å². The van der Waals surface area contributed by atoms with E-state index in [2.05, 4.69) is 0 Å². The van der Waals surface area contributed by atoms with Gasteiger partial charge in [-0.25, -0.2) is 8.42 Å². The first-order chi connectivity index (χ1) is 7.08. The summed E-state index contributed by atoms with van der Waals surface area (Å²) in [6.45, 7) is 0.221. The zero-order chi connectivity index (χ0) is 11.1. The molecule has 5 heteroatoms. The third-order valence-electron chi connectivity index (χ3n) is 2.36. The number of ether oxygens (including phenoxy) is 1. The van der Waals surface area contributed by atoms with Gasteiger partial charge < -0.3 is 10.5 Å². The van der Waals surface area contributed by atoms with Crippen molar-refractivity contribution in [1.29, 1.82) is 0 Å². The molecule has 0 aliphatic carbocycles. The van der Waals surface area contributed by atoms with Crippen LogP contribution < -0.4 is 10.5 Å². The van der Waals surface area contributed by atoms with E-state index in [1.165, 1.54) is 18.6 Å². The monoisotopic (exact) mass is 225 g/mol. The maximum absolute atomic E-state index is 11.7. The van der Waals surface area contributed by atoms with E-state index in [0.717, 1.165) is 0 Å². The van der Waals surface area contributed by atoms with Gasteiger partial charge in [0.1, 0.15) is 5.75 Å². The van der Waals surface area contributed by atoms with Crippen molar-refractivity contribution < 1.29 is 13.2 Å². The van der Waals surface area contributed by atoms with E-state index in [4.69, 9.17) is 10.5 Å². The Kier molecular flexibility index (Phi) is 2.28. The minimum atomic E-state index is -3.32. The highest BCUT2D eigenvalue weighted by Crippen LogP contribution is 2.34. The molecule has 0 amide bonds. The fourth-order valence-electron chi connectivity index (χ4n) is 1.60. The molecule has 0 spiro atoms. The first-order valence-corrected chi connectivity index (χ1v) is 5.97. The number of rotatable bonds is 2. The van der Waals surface area contributed by atoms with Crippen LogP contribution in [-0.4, -0.2) is 22.1 Å². The van der Waals surface area contributed by atoms with Gasteiger partial charge in [-0.05, 0) is 29.3 Å². The molecular formula is C10H11NO3S. The van der Waals surface area contributed by atoms with Crippen molar-refractivity contribution in [2.75, 3.05) is 13.7 Å². The molecule has 4 nitrogen and oxygen atoms in total. The SMILES string of the molecule is COc1ccc2c(c1)S(=O)(=O)C=C2CN. The normalized spacial score (nSPS) is 17.1. The fraction of sp³-hybridized carbons (Fsp3) is 0.200. The fourth-order valence-corrected chi connectivity index (χ4v) is 3.11. The van der Waals surface area contributed by atoms with E-state index in [1.807, 2.05) is 0 Å². The highest BCUT2D eigenvalue weighted by molar-refractivity contribution is 7.95. The molecule has 0 bridgehead atoms. The Balaban J connectivity index is 2.67. The van der Waals surface area contributed by atoms with Crippen LogP contribution in [0.5, 0.6) is 5.75 Å². The number of benzene rings is 1. The highest BCUT2D eigenvalue weighted by Gasteiger charge is 2.26. The first-order valence-electron chi connectivity index (χ1n) is 4.42. The van der Waals surface area contributed by atoms with Crippen LogP contribution in [0.25, 0.3) is 5.57 Å². The van der Waals surface area contributed by atoms with E-state index in [9.17, 15) is 8.42 Å². The second-order valence-corrected chi connectivity index (χ2v) is 5.02. The number of hydrogen-bond donors (Lipinski definition) is 1. The van der Waals surface area contributed by atoms with E-state index < -0.39 is 9.84 Å². The zero-order valence-electron chi connectivity index (χ0n) is 8.23. The smallest absolute Gasteiger partial charge is 0.200 e. The molecule has 0 fully saturated rings. The summed E-state index contributed by atoms with van der Waals surface area (Å²) in [4.78, 5) is 0.280. The summed E-state index contributed by atoms with van der Waals surface area (Å²) in [5, 5.41) is 1.22. The molecule has 1 aliphatic heterocycles. The van der Waals surface area contributed by atoms with Crippen LogP contribution in [-0.2, 0) is 9.84 Å².